The lowest BCUT2D eigenvalue weighted by Gasteiger charge is -2.20. The topological polar surface area (TPSA) is 93.4 Å². The molecule has 0 heterocycles. The minimum atomic E-state index is -0.812. The molecule has 0 saturated carbocycles. The van der Waals surface area contributed by atoms with Gasteiger partial charge in [-0.15, -0.1) is 0 Å². The smallest absolute Gasteiger partial charge is 0.319 e. The van der Waals surface area contributed by atoms with Gasteiger partial charge in [0.25, 0.3) is 0 Å². The Hall–Kier alpha value is -1.95. The van der Waals surface area contributed by atoms with Crippen molar-refractivity contribution in [1.82, 2.24) is 5.32 Å². The number of amides is 3. The molecule has 116 valence electrons. The van der Waals surface area contributed by atoms with Crippen LogP contribution in [-0.2, 0) is 4.79 Å². The van der Waals surface area contributed by atoms with Crippen LogP contribution in [0.2, 0.25) is 5.02 Å². The van der Waals surface area contributed by atoms with Crippen LogP contribution in [0.3, 0.4) is 0 Å². The second-order valence-corrected chi connectivity index (χ2v) is 5.54. The molecule has 4 N–H and O–H groups in total. The molecule has 0 aliphatic carbocycles. The van der Waals surface area contributed by atoms with E-state index >= 15 is 0 Å². The van der Waals surface area contributed by atoms with E-state index in [4.69, 9.17) is 22.1 Å². The van der Waals surface area contributed by atoms with Crippen molar-refractivity contribution in [2.24, 2.45) is 11.1 Å². The quantitative estimate of drug-likeness (QED) is 0.752. The largest absolute Gasteiger partial charge is 0.492 e. The van der Waals surface area contributed by atoms with E-state index in [2.05, 4.69) is 10.6 Å². The molecule has 3 amide bonds. The van der Waals surface area contributed by atoms with Crippen molar-refractivity contribution < 1.29 is 14.3 Å². The van der Waals surface area contributed by atoms with Crippen LogP contribution in [0.15, 0.2) is 18.2 Å². The Balaban J connectivity index is 2.59. The van der Waals surface area contributed by atoms with Gasteiger partial charge in [0, 0.05) is 12.2 Å². The van der Waals surface area contributed by atoms with Gasteiger partial charge in [-0.1, -0.05) is 11.6 Å². The summed E-state index contributed by atoms with van der Waals surface area (Å²) in [5.74, 6) is 0.0758. The van der Waals surface area contributed by atoms with Gasteiger partial charge < -0.3 is 21.1 Å². The van der Waals surface area contributed by atoms with Gasteiger partial charge in [0.1, 0.15) is 5.75 Å². The number of nitrogens with two attached hydrogens (primary N) is 1. The number of ether oxygens (including phenoxy) is 1. The molecule has 0 bridgehead atoms. The number of carbonyl (C=O) groups excluding carboxylic acids is 2. The van der Waals surface area contributed by atoms with Crippen LogP contribution in [0.25, 0.3) is 0 Å². The normalized spacial score (nSPS) is 10.9. The molecule has 0 unspecified atom stereocenters. The maximum Gasteiger partial charge on any atom is 0.319 e. The van der Waals surface area contributed by atoms with E-state index in [1.54, 1.807) is 32.0 Å². The number of rotatable bonds is 6. The summed E-state index contributed by atoms with van der Waals surface area (Å²) >= 11 is 6.02. The summed E-state index contributed by atoms with van der Waals surface area (Å²) in [6.45, 7) is 5.82. The molecule has 0 fully saturated rings. The van der Waals surface area contributed by atoms with Gasteiger partial charge >= 0.3 is 6.03 Å². The average molecular weight is 314 g/mol. The number of benzene rings is 1. The van der Waals surface area contributed by atoms with Crippen molar-refractivity contribution in [2.75, 3.05) is 18.5 Å². The van der Waals surface area contributed by atoms with E-state index in [0.29, 0.717) is 23.1 Å². The zero-order valence-corrected chi connectivity index (χ0v) is 13.1. The number of nitrogens with one attached hydrogen (secondary N) is 2. The first kappa shape index (κ1) is 17.1. The number of urea groups is 1. The summed E-state index contributed by atoms with van der Waals surface area (Å²) in [7, 11) is 0. The molecule has 0 aliphatic heterocycles. The van der Waals surface area contributed by atoms with Crippen molar-refractivity contribution >= 4 is 29.2 Å². The van der Waals surface area contributed by atoms with Gasteiger partial charge in [-0.25, -0.2) is 4.79 Å². The van der Waals surface area contributed by atoms with Crippen molar-refractivity contribution in [3.63, 3.8) is 0 Å². The molecule has 0 saturated heterocycles. The SMILES string of the molecule is CCOc1ccc(NC(=O)NCC(C)(C)C(N)=O)cc1Cl. The molecule has 1 rings (SSSR count). The fourth-order valence-electron chi connectivity index (χ4n) is 1.41. The number of anilines is 1. The molecule has 1 aromatic carbocycles. The average Bonchev–Trinajstić information content (AvgIpc) is 2.40. The highest BCUT2D eigenvalue weighted by molar-refractivity contribution is 6.32. The highest BCUT2D eigenvalue weighted by atomic mass is 35.5. The zero-order valence-electron chi connectivity index (χ0n) is 12.3. The van der Waals surface area contributed by atoms with Crippen LogP contribution in [0.1, 0.15) is 20.8 Å². The standard InChI is InChI=1S/C14H20ClN3O3/c1-4-21-11-6-5-9(7-10(11)15)18-13(20)17-8-14(2,3)12(16)19/h5-7H,4,8H2,1-3H3,(H2,16,19)(H2,17,18,20). The Morgan fingerprint density at radius 3 is 2.57 bits per heavy atom. The van der Waals surface area contributed by atoms with Gasteiger partial charge in [0.15, 0.2) is 0 Å². The molecular weight excluding hydrogens is 294 g/mol. The van der Waals surface area contributed by atoms with Crippen molar-refractivity contribution in [2.45, 2.75) is 20.8 Å². The molecule has 0 spiro atoms. The highest BCUT2D eigenvalue weighted by Gasteiger charge is 2.25. The zero-order chi connectivity index (χ0) is 16.0. The fraction of sp³-hybridized carbons (Fsp3) is 0.429. The number of hydrogen-bond donors (Lipinski definition) is 3. The molecule has 1 aromatic rings. The molecular formula is C14H20ClN3O3. The summed E-state index contributed by atoms with van der Waals surface area (Å²) in [4.78, 5) is 22.9. The third kappa shape index (κ3) is 5.15. The van der Waals surface area contributed by atoms with E-state index < -0.39 is 17.4 Å². The molecule has 6 nitrogen and oxygen atoms in total. The van der Waals surface area contributed by atoms with E-state index in [1.165, 1.54) is 0 Å². The van der Waals surface area contributed by atoms with Gasteiger partial charge in [-0.3, -0.25) is 4.79 Å². The lowest BCUT2D eigenvalue weighted by atomic mass is 9.93. The predicted molar refractivity (Wildman–Crippen MR) is 82.6 cm³/mol. The Morgan fingerprint density at radius 2 is 2.05 bits per heavy atom. The summed E-state index contributed by atoms with van der Waals surface area (Å²) in [6.07, 6.45) is 0. The maximum absolute atomic E-state index is 11.8. The number of primary amides is 1. The first-order chi connectivity index (χ1) is 9.76. The van der Waals surface area contributed by atoms with Crippen molar-refractivity contribution in [3.05, 3.63) is 23.2 Å². The van der Waals surface area contributed by atoms with E-state index in [1.807, 2.05) is 6.92 Å². The highest BCUT2D eigenvalue weighted by Crippen LogP contribution is 2.27. The summed E-state index contributed by atoms with van der Waals surface area (Å²) in [5, 5.41) is 5.62. The molecule has 0 aromatic heterocycles. The predicted octanol–water partition coefficient (Wildman–Crippen LogP) is 2.37. The lowest BCUT2D eigenvalue weighted by Crippen LogP contribution is -2.43. The Bertz CT molecular complexity index is 532. The lowest BCUT2D eigenvalue weighted by molar-refractivity contribution is -0.125. The third-order valence-electron chi connectivity index (χ3n) is 2.85. The molecule has 0 radical (unpaired) electrons. The monoisotopic (exact) mass is 313 g/mol. The van der Waals surface area contributed by atoms with E-state index in [0.717, 1.165) is 0 Å². The summed E-state index contributed by atoms with van der Waals surface area (Å²) in [5.41, 5.74) is 4.95. The van der Waals surface area contributed by atoms with Gasteiger partial charge in [-0.05, 0) is 39.0 Å². The fourth-order valence-corrected chi connectivity index (χ4v) is 1.65. The van der Waals surface area contributed by atoms with Crippen LogP contribution >= 0.6 is 11.6 Å². The first-order valence-electron chi connectivity index (χ1n) is 6.53. The van der Waals surface area contributed by atoms with E-state index in [9.17, 15) is 9.59 Å². The van der Waals surface area contributed by atoms with Crippen LogP contribution < -0.4 is 21.1 Å². The number of hydrogen-bond acceptors (Lipinski definition) is 3. The second-order valence-electron chi connectivity index (χ2n) is 5.13. The second kappa shape index (κ2) is 7.17. The van der Waals surface area contributed by atoms with Crippen LogP contribution in [0.4, 0.5) is 10.5 Å². The van der Waals surface area contributed by atoms with Crippen molar-refractivity contribution in [3.8, 4) is 5.75 Å². The number of carbonyl (C=O) groups is 2. The Morgan fingerprint density at radius 1 is 1.38 bits per heavy atom. The molecule has 21 heavy (non-hydrogen) atoms. The number of halogens is 1. The van der Waals surface area contributed by atoms with E-state index in [-0.39, 0.29) is 6.54 Å². The maximum atomic E-state index is 11.8. The van der Waals surface area contributed by atoms with Gasteiger partial charge in [-0.2, -0.15) is 0 Å². The summed E-state index contributed by atoms with van der Waals surface area (Å²) in [6, 6.07) is 4.50. The summed E-state index contributed by atoms with van der Waals surface area (Å²) < 4.78 is 5.30. The first-order valence-corrected chi connectivity index (χ1v) is 6.91. The Kier molecular flexibility index (Phi) is 5.84. The molecule has 0 aliphatic rings. The molecule has 0 atom stereocenters. The minimum Gasteiger partial charge on any atom is -0.492 e. The minimum absolute atomic E-state index is 0.138. The molecule has 7 heteroatoms. The van der Waals surface area contributed by atoms with Gasteiger partial charge in [0.05, 0.1) is 17.0 Å². The third-order valence-corrected chi connectivity index (χ3v) is 3.14. The van der Waals surface area contributed by atoms with Crippen LogP contribution in [0, 0.1) is 5.41 Å². The van der Waals surface area contributed by atoms with Crippen molar-refractivity contribution in [1.29, 1.82) is 0 Å². The van der Waals surface area contributed by atoms with Crippen LogP contribution in [-0.4, -0.2) is 25.1 Å². The van der Waals surface area contributed by atoms with Gasteiger partial charge in [0.2, 0.25) is 5.91 Å². The van der Waals surface area contributed by atoms with Crippen LogP contribution in [0.5, 0.6) is 5.75 Å². The Labute approximate surface area is 129 Å².